The van der Waals surface area contributed by atoms with Crippen LogP contribution in [-0.4, -0.2) is 17.1 Å². The van der Waals surface area contributed by atoms with Crippen LogP contribution in [0, 0.1) is 6.92 Å². The van der Waals surface area contributed by atoms with Gasteiger partial charge in [-0.2, -0.15) is 0 Å². The highest BCUT2D eigenvalue weighted by Crippen LogP contribution is 2.44. The van der Waals surface area contributed by atoms with Gasteiger partial charge in [-0.3, -0.25) is 0 Å². The number of nitrogens with zero attached hydrogens (tertiary/aromatic N) is 2. The van der Waals surface area contributed by atoms with Gasteiger partial charge >= 0.3 is 0 Å². The van der Waals surface area contributed by atoms with E-state index < -0.39 is 5.60 Å². The van der Waals surface area contributed by atoms with E-state index in [1.54, 1.807) is 7.11 Å². The van der Waals surface area contributed by atoms with Crippen molar-refractivity contribution in [3.8, 4) is 11.1 Å². The average molecular weight is 323 g/mol. The first-order valence-electron chi connectivity index (χ1n) is 6.92. The van der Waals surface area contributed by atoms with Gasteiger partial charge in [-0.15, -0.1) is 0 Å². The van der Waals surface area contributed by atoms with Gasteiger partial charge in [0.1, 0.15) is 15.9 Å². The molecule has 110 valence electrons. The van der Waals surface area contributed by atoms with Crippen LogP contribution in [0.3, 0.4) is 0 Å². The Morgan fingerprint density at radius 3 is 2.19 bits per heavy atom. The van der Waals surface area contributed by atoms with Crippen molar-refractivity contribution in [2.75, 3.05) is 7.11 Å². The fourth-order valence-corrected chi connectivity index (χ4v) is 3.30. The number of aromatic nitrogens is 2. The highest BCUT2D eigenvalue weighted by molar-refractivity contribution is 6.37. The van der Waals surface area contributed by atoms with Crippen molar-refractivity contribution >= 4 is 23.2 Å². The van der Waals surface area contributed by atoms with Crippen LogP contribution in [0.5, 0.6) is 0 Å². The molecule has 0 unspecified atom stereocenters. The molecular weight excluding hydrogens is 307 g/mol. The quantitative estimate of drug-likeness (QED) is 0.762. The number of hydrogen-bond acceptors (Lipinski definition) is 3. The Hall–Kier alpha value is -1.16. The maximum Gasteiger partial charge on any atom is 0.163 e. The lowest BCUT2D eigenvalue weighted by atomic mass is 9.79. The topological polar surface area (TPSA) is 35.0 Å². The Bertz CT molecular complexity index is 655. The van der Waals surface area contributed by atoms with Crippen LogP contribution in [-0.2, 0) is 10.3 Å². The Labute approximate surface area is 134 Å². The molecule has 0 N–H and O–H groups in total. The Balaban J connectivity index is 2.11. The van der Waals surface area contributed by atoms with E-state index in [9.17, 15) is 0 Å². The van der Waals surface area contributed by atoms with Gasteiger partial charge in [0, 0.05) is 7.11 Å². The fourth-order valence-electron chi connectivity index (χ4n) is 2.70. The molecule has 1 aromatic carbocycles. The fraction of sp³-hybridized carbons (Fsp3) is 0.375. The summed E-state index contributed by atoms with van der Waals surface area (Å²) in [7, 11) is 1.68. The number of benzene rings is 1. The van der Waals surface area contributed by atoms with Gasteiger partial charge < -0.3 is 4.74 Å². The molecule has 1 saturated carbocycles. The zero-order chi connectivity index (χ0) is 15.0. The first kappa shape index (κ1) is 14.8. The third kappa shape index (κ3) is 2.44. The molecule has 5 heteroatoms. The van der Waals surface area contributed by atoms with Crippen molar-refractivity contribution < 1.29 is 4.74 Å². The second kappa shape index (κ2) is 5.56. The molecule has 21 heavy (non-hydrogen) atoms. The number of hydrogen-bond donors (Lipinski definition) is 0. The van der Waals surface area contributed by atoms with E-state index in [0.29, 0.717) is 21.7 Å². The molecule has 1 aromatic heterocycles. The van der Waals surface area contributed by atoms with Crippen LogP contribution in [0.4, 0.5) is 0 Å². The molecule has 1 aliphatic rings. The molecule has 0 atom stereocenters. The lowest BCUT2D eigenvalue weighted by Gasteiger charge is -2.38. The Morgan fingerprint density at radius 1 is 1.10 bits per heavy atom. The normalized spacial score (nSPS) is 16.6. The number of ether oxygens (including phenoxy) is 1. The van der Waals surface area contributed by atoms with Crippen molar-refractivity contribution in [1.29, 1.82) is 0 Å². The molecule has 0 saturated heterocycles. The molecule has 3 rings (SSSR count). The highest BCUT2D eigenvalue weighted by Gasteiger charge is 2.42. The molecule has 1 aliphatic carbocycles. The maximum atomic E-state index is 6.39. The number of methoxy groups -OCH3 is 1. The number of aryl methyl sites for hydroxylation is 1. The van der Waals surface area contributed by atoms with Crippen LogP contribution in [0.25, 0.3) is 11.1 Å². The van der Waals surface area contributed by atoms with Crippen LogP contribution >= 0.6 is 23.2 Å². The molecule has 2 aromatic rings. The summed E-state index contributed by atoms with van der Waals surface area (Å²) in [6, 6.07) is 7.91. The summed E-state index contributed by atoms with van der Waals surface area (Å²) in [6.45, 7) is 2.01. The standard InChI is InChI=1S/C16H16Cl2N2O/c1-10-6-3-4-7-11(10)12-13(17)19-15(20-14(12)18)16(21-2)8-5-9-16/h3-4,6-7H,5,8-9H2,1-2H3. The van der Waals surface area contributed by atoms with E-state index in [2.05, 4.69) is 9.97 Å². The monoisotopic (exact) mass is 322 g/mol. The molecule has 0 radical (unpaired) electrons. The Morgan fingerprint density at radius 2 is 1.71 bits per heavy atom. The number of halogens is 2. The van der Waals surface area contributed by atoms with Gasteiger partial charge in [0.15, 0.2) is 5.82 Å². The van der Waals surface area contributed by atoms with Crippen LogP contribution < -0.4 is 0 Å². The molecule has 3 nitrogen and oxygen atoms in total. The highest BCUT2D eigenvalue weighted by atomic mass is 35.5. The van der Waals surface area contributed by atoms with E-state index in [0.717, 1.165) is 30.4 Å². The van der Waals surface area contributed by atoms with Crippen molar-refractivity contribution in [1.82, 2.24) is 9.97 Å². The minimum atomic E-state index is -0.419. The largest absolute Gasteiger partial charge is 0.370 e. The van der Waals surface area contributed by atoms with E-state index in [1.807, 2.05) is 31.2 Å². The van der Waals surface area contributed by atoms with Crippen LogP contribution in [0.15, 0.2) is 24.3 Å². The van der Waals surface area contributed by atoms with Gasteiger partial charge in [0.2, 0.25) is 0 Å². The first-order chi connectivity index (χ1) is 10.1. The van der Waals surface area contributed by atoms with Gasteiger partial charge in [-0.1, -0.05) is 47.5 Å². The second-order valence-electron chi connectivity index (χ2n) is 5.37. The maximum absolute atomic E-state index is 6.39. The summed E-state index contributed by atoms with van der Waals surface area (Å²) in [4.78, 5) is 8.92. The zero-order valence-corrected chi connectivity index (χ0v) is 13.5. The van der Waals surface area contributed by atoms with Gasteiger partial charge in [0.05, 0.1) is 5.56 Å². The van der Waals surface area contributed by atoms with E-state index in [1.165, 1.54) is 0 Å². The second-order valence-corrected chi connectivity index (χ2v) is 6.09. The van der Waals surface area contributed by atoms with Crippen molar-refractivity contribution in [2.45, 2.75) is 31.8 Å². The lowest BCUT2D eigenvalue weighted by molar-refractivity contribution is -0.0846. The minimum Gasteiger partial charge on any atom is -0.370 e. The van der Waals surface area contributed by atoms with Crippen LogP contribution in [0.2, 0.25) is 10.3 Å². The van der Waals surface area contributed by atoms with Gasteiger partial charge in [0.25, 0.3) is 0 Å². The molecule has 1 fully saturated rings. The summed E-state index contributed by atoms with van der Waals surface area (Å²) in [6.07, 6.45) is 2.91. The molecule has 0 bridgehead atoms. The van der Waals surface area contributed by atoms with Crippen molar-refractivity contribution in [2.24, 2.45) is 0 Å². The summed E-state index contributed by atoms with van der Waals surface area (Å²) >= 11 is 12.8. The predicted molar refractivity (Wildman–Crippen MR) is 84.8 cm³/mol. The molecule has 1 heterocycles. The van der Waals surface area contributed by atoms with Gasteiger partial charge in [-0.05, 0) is 37.3 Å². The van der Waals surface area contributed by atoms with E-state index in [4.69, 9.17) is 27.9 Å². The summed E-state index contributed by atoms with van der Waals surface area (Å²) < 4.78 is 5.60. The van der Waals surface area contributed by atoms with E-state index >= 15 is 0 Å². The van der Waals surface area contributed by atoms with Crippen molar-refractivity contribution in [3.63, 3.8) is 0 Å². The molecule has 0 aliphatic heterocycles. The molecular formula is C16H16Cl2N2O. The SMILES string of the molecule is COC1(c2nc(Cl)c(-c3ccccc3C)c(Cl)n2)CCC1. The minimum absolute atomic E-state index is 0.377. The zero-order valence-electron chi connectivity index (χ0n) is 12.0. The lowest BCUT2D eigenvalue weighted by Crippen LogP contribution is -2.38. The van der Waals surface area contributed by atoms with E-state index in [-0.39, 0.29) is 0 Å². The smallest absolute Gasteiger partial charge is 0.163 e. The first-order valence-corrected chi connectivity index (χ1v) is 7.68. The average Bonchev–Trinajstić information content (AvgIpc) is 2.39. The predicted octanol–water partition coefficient (Wildman–Crippen LogP) is 4.78. The number of rotatable bonds is 3. The third-order valence-electron chi connectivity index (χ3n) is 4.19. The summed E-state index contributed by atoms with van der Waals surface area (Å²) in [5, 5.41) is 0.755. The third-order valence-corrected chi connectivity index (χ3v) is 4.74. The van der Waals surface area contributed by atoms with Crippen LogP contribution in [0.1, 0.15) is 30.7 Å². The van der Waals surface area contributed by atoms with Crippen molar-refractivity contribution in [3.05, 3.63) is 46.0 Å². The molecule has 0 amide bonds. The van der Waals surface area contributed by atoms with Gasteiger partial charge in [-0.25, -0.2) is 9.97 Å². The summed E-state index contributed by atoms with van der Waals surface area (Å²) in [5.74, 6) is 0.587. The summed E-state index contributed by atoms with van der Waals surface area (Å²) in [5.41, 5.74) is 2.31. The Kier molecular flexibility index (Phi) is 3.91. The molecule has 0 spiro atoms.